The fraction of sp³-hybridized carbons (Fsp3) is 0. The van der Waals surface area contributed by atoms with Crippen LogP contribution < -0.4 is 0 Å². The average molecular weight is 854 g/mol. The van der Waals surface area contributed by atoms with E-state index in [1.165, 1.54) is 38.1 Å². The summed E-state index contributed by atoms with van der Waals surface area (Å²) in [5, 5.41) is 11.6. The van der Waals surface area contributed by atoms with Gasteiger partial charge in [-0.25, -0.2) is 15.0 Å². The molecule has 0 saturated heterocycles. The lowest BCUT2D eigenvalue weighted by Gasteiger charge is -2.12. The predicted molar refractivity (Wildman–Crippen MR) is 275 cm³/mol. The van der Waals surface area contributed by atoms with Crippen LogP contribution in [-0.4, -0.2) is 23.9 Å². The van der Waals surface area contributed by atoms with Crippen molar-refractivity contribution in [3.05, 3.63) is 212 Å². The molecule has 6 heteroatoms. The molecule has 6 nitrogen and oxygen atoms in total. The Bertz CT molecular complexity index is 4510. The summed E-state index contributed by atoms with van der Waals surface area (Å²) in [5.74, 6) is 1.82. The molecule has 0 bridgehead atoms. The molecule has 0 atom stereocenters. The fourth-order valence-electron chi connectivity index (χ4n) is 11.0. The minimum Gasteiger partial charge on any atom is -0.455 e. The molecule has 15 aromatic rings. The number of furan rings is 1. The Kier molecular flexibility index (Phi) is 7.40. The van der Waals surface area contributed by atoms with E-state index in [0.717, 1.165) is 88.0 Å². The molecule has 0 fully saturated rings. The van der Waals surface area contributed by atoms with Crippen molar-refractivity contribution in [1.82, 2.24) is 23.9 Å². The van der Waals surface area contributed by atoms with E-state index in [1.54, 1.807) is 0 Å². The van der Waals surface area contributed by atoms with Crippen molar-refractivity contribution >= 4 is 92.6 Å². The molecular weight excluding hydrogens is 819 g/mol. The third-order valence-corrected chi connectivity index (χ3v) is 13.9. The molecule has 0 aliphatic heterocycles. The van der Waals surface area contributed by atoms with Crippen LogP contribution in [-0.2, 0) is 0 Å². The molecule has 10 aromatic carbocycles. The van der Waals surface area contributed by atoms with Crippen molar-refractivity contribution in [2.24, 2.45) is 0 Å². The van der Waals surface area contributed by atoms with Crippen molar-refractivity contribution in [2.45, 2.75) is 0 Å². The summed E-state index contributed by atoms with van der Waals surface area (Å²) in [4.78, 5) is 15.9. The van der Waals surface area contributed by atoms with Crippen molar-refractivity contribution < 1.29 is 4.42 Å². The molecule has 0 radical (unpaired) electrons. The van der Waals surface area contributed by atoms with Gasteiger partial charge in [-0.1, -0.05) is 140 Å². The van der Waals surface area contributed by atoms with Gasteiger partial charge < -0.3 is 13.4 Å². The molecule has 67 heavy (non-hydrogen) atoms. The Morgan fingerprint density at radius 1 is 0.343 bits per heavy atom. The molecule has 0 aliphatic rings. The highest BCUT2D eigenvalue weighted by molar-refractivity contribution is 6.33. The second-order valence-corrected chi connectivity index (χ2v) is 17.5. The maximum absolute atomic E-state index is 7.01. The topological polar surface area (TPSA) is 61.2 Å². The molecule has 0 aliphatic carbocycles. The first-order chi connectivity index (χ1) is 33.2. The maximum Gasteiger partial charge on any atom is 0.164 e. The van der Waals surface area contributed by atoms with E-state index in [2.05, 4.69) is 221 Å². The first-order valence-electron chi connectivity index (χ1n) is 22.7. The van der Waals surface area contributed by atoms with Crippen LogP contribution >= 0.6 is 0 Å². The van der Waals surface area contributed by atoms with E-state index < -0.39 is 0 Å². The van der Waals surface area contributed by atoms with E-state index in [4.69, 9.17) is 19.4 Å². The van der Waals surface area contributed by atoms with Gasteiger partial charge >= 0.3 is 0 Å². The zero-order valence-corrected chi connectivity index (χ0v) is 35.9. The number of nitrogens with zero attached hydrogens (tertiary/aromatic N) is 5. The lowest BCUT2D eigenvalue weighted by atomic mass is 9.97. The highest BCUT2D eigenvalue weighted by atomic mass is 16.3. The molecule has 0 unspecified atom stereocenters. The molecule has 310 valence electrons. The molecule has 0 N–H and O–H groups in total. The number of aromatic nitrogens is 5. The molecule has 0 amide bonds. The monoisotopic (exact) mass is 853 g/mol. The van der Waals surface area contributed by atoms with Gasteiger partial charge in [-0.3, -0.25) is 0 Å². The molecule has 5 aromatic heterocycles. The Balaban J connectivity index is 0.952. The van der Waals surface area contributed by atoms with Gasteiger partial charge in [0, 0.05) is 60.3 Å². The van der Waals surface area contributed by atoms with Crippen LogP contribution in [0.25, 0.3) is 144 Å². The number of hydrogen-bond acceptors (Lipinski definition) is 4. The van der Waals surface area contributed by atoms with Crippen LogP contribution in [0.3, 0.4) is 0 Å². The van der Waals surface area contributed by atoms with Crippen LogP contribution in [0.4, 0.5) is 0 Å². The number of hydrogen-bond donors (Lipinski definition) is 0. The molecule has 0 spiro atoms. The van der Waals surface area contributed by atoms with Gasteiger partial charge in [0.05, 0.1) is 33.0 Å². The summed E-state index contributed by atoms with van der Waals surface area (Å²) in [7, 11) is 0. The lowest BCUT2D eigenvalue weighted by molar-refractivity contribution is 0.670. The van der Waals surface area contributed by atoms with Crippen LogP contribution in [0.5, 0.6) is 0 Å². The minimum absolute atomic E-state index is 0.595. The van der Waals surface area contributed by atoms with Crippen LogP contribution in [0.1, 0.15) is 0 Å². The van der Waals surface area contributed by atoms with E-state index in [-0.39, 0.29) is 0 Å². The Morgan fingerprint density at radius 2 is 0.940 bits per heavy atom. The predicted octanol–water partition coefficient (Wildman–Crippen LogP) is 15.8. The van der Waals surface area contributed by atoms with E-state index >= 15 is 0 Å². The highest BCUT2D eigenvalue weighted by Crippen LogP contribution is 2.47. The van der Waals surface area contributed by atoms with Gasteiger partial charge in [-0.15, -0.1) is 0 Å². The molecule has 0 saturated carbocycles. The summed E-state index contributed by atoms with van der Waals surface area (Å²) in [6.45, 7) is 0. The summed E-state index contributed by atoms with van der Waals surface area (Å²) in [5.41, 5.74) is 13.4. The van der Waals surface area contributed by atoms with Crippen LogP contribution in [0.2, 0.25) is 0 Å². The Hall–Kier alpha value is -9.13. The van der Waals surface area contributed by atoms with Crippen molar-refractivity contribution in [1.29, 1.82) is 0 Å². The van der Waals surface area contributed by atoms with E-state index in [1.807, 2.05) is 0 Å². The zero-order valence-electron chi connectivity index (χ0n) is 35.9. The van der Waals surface area contributed by atoms with E-state index in [0.29, 0.717) is 17.5 Å². The quantitative estimate of drug-likeness (QED) is 0.173. The lowest BCUT2D eigenvalue weighted by Crippen LogP contribution is -2.01. The largest absolute Gasteiger partial charge is 0.455 e. The smallest absolute Gasteiger partial charge is 0.164 e. The van der Waals surface area contributed by atoms with Crippen LogP contribution in [0, 0.1) is 0 Å². The van der Waals surface area contributed by atoms with Crippen molar-refractivity contribution in [3.63, 3.8) is 0 Å². The summed E-state index contributed by atoms with van der Waals surface area (Å²) < 4.78 is 11.8. The SMILES string of the molecule is c1ccc(-n2c3ccccc3c3cc(-c4nc(-c5cccc(-c6ccc7c8ccccc8n8c9ccccc9c9ccc%10oc6c7c%10c98)c5)nc(-c5cccc6ccccc56)n4)ccc32)cc1. The van der Waals surface area contributed by atoms with Gasteiger partial charge in [-0.2, -0.15) is 0 Å². The summed E-state index contributed by atoms with van der Waals surface area (Å²) in [6.07, 6.45) is 0. The van der Waals surface area contributed by atoms with Gasteiger partial charge in [0.2, 0.25) is 0 Å². The van der Waals surface area contributed by atoms with Crippen molar-refractivity contribution in [3.8, 4) is 51.0 Å². The first kappa shape index (κ1) is 36.2. The van der Waals surface area contributed by atoms with Gasteiger partial charge in [0.1, 0.15) is 11.2 Å². The number of fused-ring (bicyclic) bond motifs is 10. The summed E-state index contributed by atoms with van der Waals surface area (Å²) >= 11 is 0. The average Bonchev–Trinajstić information content (AvgIpc) is 4.03. The second-order valence-electron chi connectivity index (χ2n) is 17.5. The third-order valence-electron chi connectivity index (χ3n) is 13.9. The zero-order chi connectivity index (χ0) is 43.7. The maximum atomic E-state index is 7.01. The normalized spacial score (nSPS) is 12.2. The number of benzene rings is 10. The Labute approximate surface area is 382 Å². The van der Waals surface area contributed by atoms with Crippen molar-refractivity contribution in [2.75, 3.05) is 0 Å². The second kappa shape index (κ2) is 13.7. The number of rotatable bonds is 5. The Morgan fingerprint density at radius 3 is 1.75 bits per heavy atom. The standard InChI is InChI=1S/C61H35N5O/c1-2-18-40(19-3-1)65-50-25-9-8-23-45(50)49-35-39(28-32-53(49)65)60-62-59(63-61(64-60)48-24-13-15-36-14-4-5-20-41(36)48)38-17-12-16-37(34-38)42-29-30-46-43-21-6-10-26-51(43)66-52-27-11-7-22-44(52)47-31-33-54-56(57(47)66)55(46)58(42)67-54/h1-35H. The third kappa shape index (κ3) is 5.18. The molecule has 15 rings (SSSR count). The van der Waals surface area contributed by atoms with Gasteiger partial charge in [0.15, 0.2) is 17.5 Å². The van der Waals surface area contributed by atoms with E-state index in [9.17, 15) is 0 Å². The molecular formula is C61H35N5O. The fourth-order valence-corrected chi connectivity index (χ4v) is 11.0. The highest BCUT2D eigenvalue weighted by Gasteiger charge is 2.24. The number of para-hydroxylation sites is 4. The summed E-state index contributed by atoms with van der Waals surface area (Å²) in [6, 6.07) is 75.3. The van der Waals surface area contributed by atoms with Gasteiger partial charge in [0.25, 0.3) is 0 Å². The van der Waals surface area contributed by atoms with Crippen LogP contribution in [0.15, 0.2) is 217 Å². The first-order valence-corrected chi connectivity index (χ1v) is 22.7. The minimum atomic E-state index is 0.595. The van der Waals surface area contributed by atoms with Gasteiger partial charge in [-0.05, 0) is 94.5 Å². The molecule has 5 heterocycles.